The Morgan fingerprint density at radius 1 is 1.28 bits per heavy atom. The average molecular weight is 375 g/mol. The largest absolute Gasteiger partial charge is 0.490 e. The molecule has 0 heterocycles. The van der Waals surface area contributed by atoms with Gasteiger partial charge in [0.05, 0.1) is 10.7 Å². The Balaban J connectivity index is 1.99. The van der Waals surface area contributed by atoms with Crippen molar-refractivity contribution in [1.82, 2.24) is 4.90 Å². The number of halogens is 1. The van der Waals surface area contributed by atoms with E-state index in [1.165, 1.54) is 0 Å². The molecule has 3 nitrogen and oxygen atoms in total. The Morgan fingerprint density at radius 2 is 1.96 bits per heavy atom. The number of nitrogens with zero attached hydrogens (tertiary/aromatic N) is 1. The summed E-state index contributed by atoms with van der Waals surface area (Å²) in [5.74, 6) is 0.828. The monoisotopic (exact) mass is 374 g/mol. The van der Waals surface area contributed by atoms with Crippen molar-refractivity contribution in [3.63, 3.8) is 0 Å². The van der Waals surface area contributed by atoms with Crippen LogP contribution in [0.3, 0.4) is 0 Å². The molecule has 0 radical (unpaired) electrons. The predicted molar refractivity (Wildman–Crippen MR) is 111 cm³/mol. The number of nitrogens with one attached hydrogen (secondary N) is 1. The zero-order valence-corrected chi connectivity index (χ0v) is 16.4. The number of hydrogen-bond donors (Lipinski definition) is 1. The molecule has 0 saturated heterocycles. The van der Waals surface area contributed by atoms with Crippen molar-refractivity contribution >= 4 is 34.6 Å². The fraction of sp³-hybridized carbons (Fsp3) is 0.250. The third kappa shape index (κ3) is 5.48. The van der Waals surface area contributed by atoms with Crippen molar-refractivity contribution in [2.75, 3.05) is 19.0 Å². The van der Waals surface area contributed by atoms with Crippen LogP contribution in [0.4, 0.5) is 5.69 Å². The van der Waals surface area contributed by atoms with Crippen LogP contribution in [-0.4, -0.2) is 23.7 Å². The molecule has 5 heteroatoms. The molecule has 2 rings (SSSR count). The van der Waals surface area contributed by atoms with Crippen LogP contribution in [0.1, 0.15) is 16.7 Å². The minimum atomic E-state index is 0.504. The van der Waals surface area contributed by atoms with Gasteiger partial charge in [-0.2, -0.15) is 0 Å². The quantitative estimate of drug-likeness (QED) is 0.544. The third-order valence-corrected chi connectivity index (χ3v) is 4.43. The Bertz CT molecular complexity index is 736. The molecule has 0 aliphatic heterocycles. The highest BCUT2D eigenvalue weighted by atomic mass is 35.5. The van der Waals surface area contributed by atoms with Gasteiger partial charge < -0.3 is 15.0 Å². The maximum absolute atomic E-state index is 6.34. The molecule has 0 fully saturated rings. The lowest BCUT2D eigenvalue weighted by atomic mass is 10.1. The van der Waals surface area contributed by atoms with E-state index in [1.807, 2.05) is 56.1 Å². The summed E-state index contributed by atoms with van der Waals surface area (Å²) in [6.45, 7) is 8.88. The Labute approximate surface area is 160 Å². The van der Waals surface area contributed by atoms with Crippen LogP contribution in [0.15, 0.2) is 49.1 Å². The summed E-state index contributed by atoms with van der Waals surface area (Å²) in [5.41, 5.74) is 4.21. The highest BCUT2D eigenvalue weighted by Gasteiger charge is 2.11. The first-order valence-corrected chi connectivity index (χ1v) is 8.81. The number of thiocarbonyl (C=S) groups is 1. The molecular formula is C20H23ClN2OS. The average Bonchev–Trinajstić information content (AvgIpc) is 2.57. The molecular weight excluding hydrogens is 352 g/mol. The normalized spacial score (nSPS) is 10.2. The zero-order chi connectivity index (χ0) is 18.4. The zero-order valence-electron chi connectivity index (χ0n) is 14.8. The van der Waals surface area contributed by atoms with Crippen molar-refractivity contribution in [1.29, 1.82) is 0 Å². The van der Waals surface area contributed by atoms with Crippen LogP contribution in [0, 0.1) is 13.8 Å². The molecule has 0 amide bonds. The van der Waals surface area contributed by atoms with Gasteiger partial charge in [0.25, 0.3) is 0 Å². The lowest BCUT2D eigenvalue weighted by Crippen LogP contribution is -2.30. The van der Waals surface area contributed by atoms with Crippen molar-refractivity contribution in [2.45, 2.75) is 20.4 Å². The van der Waals surface area contributed by atoms with E-state index in [0.717, 1.165) is 28.1 Å². The van der Waals surface area contributed by atoms with Gasteiger partial charge in [-0.1, -0.05) is 42.5 Å². The summed E-state index contributed by atoms with van der Waals surface area (Å²) in [5, 5.41) is 4.56. The minimum absolute atomic E-state index is 0.504. The Morgan fingerprint density at radius 3 is 2.56 bits per heavy atom. The van der Waals surface area contributed by atoms with Gasteiger partial charge in [-0.25, -0.2) is 0 Å². The summed E-state index contributed by atoms with van der Waals surface area (Å²) < 4.78 is 5.49. The van der Waals surface area contributed by atoms with Gasteiger partial charge >= 0.3 is 0 Å². The van der Waals surface area contributed by atoms with Crippen LogP contribution in [-0.2, 0) is 6.54 Å². The topological polar surface area (TPSA) is 24.5 Å². The Kier molecular flexibility index (Phi) is 6.85. The molecule has 2 aromatic carbocycles. The Hall–Kier alpha value is -2.04. The van der Waals surface area contributed by atoms with Crippen molar-refractivity contribution < 1.29 is 4.74 Å². The summed E-state index contributed by atoms with van der Waals surface area (Å²) in [7, 11) is 1.95. The number of ether oxygens (including phenoxy) is 1. The number of rotatable bonds is 6. The highest BCUT2D eigenvalue weighted by Crippen LogP contribution is 2.27. The lowest BCUT2D eigenvalue weighted by molar-refractivity contribution is 0.363. The maximum atomic E-state index is 6.34. The molecule has 0 saturated carbocycles. The first-order chi connectivity index (χ1) is 11.9. The lowest BCUT2D eigenvalue weighted by Gasteiger charge is -2.23. The summed E-state index contributed by atoms with van der Waals surface area (Å²) in [4.78, 5) is 1.98. The first kappa shape index (κ1) is 19.3. The number of benzene rings is 2. The van der Waals surface area contributed by atoms with E-state index >= 15 is 0 Å². The van der Waals surface area contributed by atoms with Gasteiger partial charge in [0.15, 0.2) is 5.11 Å². The second-order valence-corrected chi connectivity index (χ2v) is 6.76. The molecule has 0 aliphatic rings. The SMILES string of the molecule is C=CCOc1ccc(CN(C)C(=S)Nc2c(C)cc(C)cc2Cl)cc1. The molecule has 2 aromatic rings. The minimum Gasteiger partial charge on any atom is -0.490 e. The molecule has 0 atom stereocenters. The number of aryl methyl sites for hydroxylation is 2. The molecule has 0 unspecified atom stereocenters. The van der Waals surface area contributed by atoms with Crippen LogP contribution < -0.4 is 10.1 Å². The second kappa shape index (κ2) is 8.88. The van der Waals surface area contributed by atoms with E-state index in [1.54, 1.807) is 6.08 Å². The number of hydrogen-bond acceptors (Lipinski definition) is 2. The molecule has 132 valence electrons. The van der Waals surface area contributed by atoms with Crippen molar-refractivity contribution in [2.24, 2.45) is 0 Å². The summed E-state index contributed by atoms with van der Waals surface area (Å²) in [6, 6.07) is 12.0. The predicted octanol–water partition coefficient (Wildman–Crippen LogP) is 5.35. The molecule has 0 bridgehead atoms. The van der Waals surface area contributed by atoms with Crippen LogP contribution >= 0.6 is 23.8 Å². The van der Waals surface area contributed by atoms with Gasteiger partial charge in [0, 0.05) is 13.6 Å². The first-order valence-electron chi connectivity index (χ1n) is 8.02. The molecule has 25 heavy (non-hydrogen) atoms. The van der Waals surface area contributed by atoms with E-state index in [2.05, 4.69) is 18.0 Å². The summed E-state index contributed by atoms with van der Waals surface area (Å²) >= 11 is 11.9. The van der Waals surface area contributed by atoms with Gasteiger partial charge in [-0.05, 0) is 61.0 Å². The van der Waals surface area contributed by atoms with E-state index in [0.29, 0.717) is 23.3 Å². The molecule has 0 spiro atoms. The smallest absolute Gasteiger partial charge is 0.173 e. The molecule has 1 N–H and O–H groups in total. The second-order valence-electron chi connectivity index (χ2n) is 5.97. The fourth-order valence-electron chi connectivity index (χ4n) is 2.47. The van der Waals surface area contributed by atoms with E-state index in [-0.39, 0.29) is 0 Å². The fourth-order valence-corrected chi connectivity index (χ4v) is 3.00. The third-order valence-electron chi connectivity index (χ3n) is 3.72. The maximum Gasteiger partial charge on any atom is 0.173 e. The van der Waals surface area contributed by atoms with Gasteiger partial charge in [0.1, 0.15) is 12.4 Å². The van der Waals surface area contributed by atoms with E-state index in [4.69, 9.17) is 28.6 Å². The highest BCUT2D eigenvalue weighted by molar-refractivity contribution is 7.80. The van der Waals surface area contributed by atoms with Gasteiger partial charge in [0.2, 0.25) is 0 Å². The number of anilines is 1. The van der Waals surface area contributed by atoms with Crippen molar-refractivity contribution in [3.05, 3.63) is 70.8 Å². The standard InChI is InChI=1S/C20H23ClN2OS/c1-5-10-24-17-8-6-16(7-9-17)13-23(4)20(25)22-19-15(3)11-14(2)12-18(19)21/h5-9,11-12H,1,10,13H2,2-4H3,(H,22,25). The van der Waals surface area contributed by atoms with Crippen LogP contribution in [0.25, 0.3) is 0 Å². The van der Waals surface area contributed by atoms with Gasteiger partial charge in [-0.15, -0.1) is 0 Å². The van der Waals surface area contributed by atoms with Gasteiger partial charge in [-0.3, -0.25) is 0 Å². The van der Waals surface area contributed by atoms with E-state index in [9.17, 15) is 0 Å². The van der Waals surface area contributed by atoms with Crippen LogP contribution in [0.5, 0.6) is 5.75 Å². The van der Waals surface area contributed by atoms with Crippen molar-refractivity contribution in [3.8, 4) is 5.75 Å². The molecule has 0 aromatic heterocycles. The summed E-state index contributed by atoms with van der Waals surface area (Å²) in [6.07, 6.45) is 1.73. The van der Waals surface area contributed by atoms with E-state index < -0.39 is 0 Å². The van der Waals surface area contributed by atoms with Crippen LogP contribution in [0.2, 0.25) is 5.02 Å². The molecule has 0 aliphatic carbocycles.